The third-order valence-corrected chi connectivity index (χ3v) is 4.51. The number of aromatic nitrogens is 2. The molecule has 1 fully saturated rings. The molecule has 0 aliphatic heterocycles. The Balaban J connectivity index is 2.00. The highest BCUT2D eigenvalue weighted by Crippen LogP contribution is 2.48. The fourth-order valence-corrected chi connectivity index (χ4v) is 2.58. The highest BCUT2D eigenvalue weighted by molar-refractivity contribution is 9.10. The summed E-state index contributed by atoms with van der Waals surface area (Å²) in [6.45, 7) is 1.68. The van der Waals surface area contributed by atoms with Crippen molar-refractivity contribution >= 4 is 21.6 Å². The summed E-state index contributed by atoms with van der Waals surface area (Å²) in [6, 6.07) is 0. The Bertz CT molecular complexity index is 514. The van der Waals surface area contributed by atoms with Gasteiger partial charge >= 0.3 is 0 Å². The zero-order chi connectivity index (χ0) is 14.6. The van der Waals surface area contributed by atoms with E-state index in [1.807, 2.05) is 0 Å². The first-order valence-electron chi connectivity index (χ1n) is 6.71. The average Bonchev–Trinajstić information content (AvgIpc) is 3.22. The normalized spacial score (nSPS) is 16.1. The van der Waals surface area contributed by atoms with Crippen molar-refractivity contribution in [3.8, 4) is 0 Å². The quantitative estimate of drug-likeness (QED) is 0.740. The number of aliphatic hydroxyl groups excluding tert-OH is 1. The standard InChI is InChI=1S/C13H20BrN3O3/c1-20-7-4-13(2-3-13)9-15-10-8-16-17(5-6-18)12(19)11(10)14/h8,15,18H,2-7,9H2,1H3. The van der Waals surface area contributed by atoms with Gasteiger partial charge in [0.25, 0.3) is 5.56 Å². The lowest BCUT2D eigenvalue weighted by atomic mass is 10.0. The van der Waals surface area contributed by atoms with Crippen LogP contribution in [0.3, 0.4) is 0 Å². The van der Waals surface area contributed by atoms with E-state index >= 15 is 0 Å². The van der Waals surface area contributed by atoms with E-state index in [1.54, 1.807) is 13.3 Å². The molecule has 0 radical (unpaired) electrons. The second-order valence-electron chi connectivity index (χ2n) is 5.22. The van der Waals surface area contributed by atoms with E-state index in [1.165, 1.54) is 17.5 Å². The summed E-state index contributed by atoms with van der Waals surface area (Å²) >= 11 is 3.30. The van der Waals surface area contributed by atoms with E-state index in [0.717, 1.165) is 19.6 Å². The van der Waals surface area contributed by atoms with Crippen molar-refractivity contribution < 1.29 is 9.84 Å². The summed E-state index contributed by atoms with van der Waals surface area (Å²) in [4.78, 5) is 12.0. The molecule has 6 nitrogen and oxygen atoms in total. The summed E-state index contributed by atoms with van der Waals surface area (Å²) in [5.41, 5.74) is 0.772. The summed E-state index contributed by atoms with van der Waals surface area (Å²) in [5, 5.41) is 16.2. The third kappa shape index (κ3) is 3.59. The lowest BCUT2D eigenvalue weighted by Gasteiger charge is -2.17. The number of hydrogen-bond acceptors (Lipinski definition) is 5. The zero-order valence-electron chi connectivity index (χ0n) is 11.6. The molecule has 1 heterocycles. The minimum atomic E-state index is -0.231. The van der Waals surface area contributed by atoms with Crippen molar-refractivity contribution in [1.82, 2.24) is 9.78 Å². The van der Waals surface area contributed by atoms with E-state index in [2.05, 4.69) is 26.3 Å². The molecule has 0 amide bonds. The number of nitrogens with one attached hydrogen (secondary N) is 1. The first kappa shape index (κ1) is 15.5. The van der Waals surface area contributed by atoms with Crippen LogP contribution in [0.2, 0.25) is 0 Å². The van der Waals surface area contributed by atoms with Crippen LogP contribution in [0.1, 0.15) is 19.3 Å². The smallest absolute Gasteiger partial charge is 0.283 e. The lowest BCUT2D eigenvalue weighted by Crippen LogP contribution is -2.27. The number of nitrogens with zero attached hydrogens (tertiary/aromatic N) is 2. The fraction of sp³-hybridized carbons (Fsp3) is 0.692. The van der Waals surface area contributed by atoms with E-state index < -0.39 is 0 Å². The van der Waals surface area contributed by atoms with Crippen molar-refractivity contribution in [3.05, 3.63) is 21.0 Å². The molecule has 2 N–H and O–H groups in total. The number of halogens is 1. The highest BCUT2D eigenvalue weighted by Gasteiger charge is 2.41. The highest BCUT2D eigenvalue weighted by atomic mass is 79.9. The van der Waals surface area contributed by atoms with Gasteiger partial charge in [0, 0.05) is 20.3 Å². The maximum absolute atomic E-state index is 12.0. The van der Waals surface area contributed by atoms with Gasteiger partial charge in [0.2, 0.25) is 0 Å². The number of aliphatic hydroxyl groups is 1. The molecule has 1 aromatic heterocycles. The molecule has 112 valence electrons. The molecule has 0 atom stereocenters. The first-order chi connectivity index (χ1) is 9.62. The van der Waals surface area contributed by atoms with Gasteiger partial charge in [-0.05, 0) is 40.6 Å². The van der Waals surface area contributed by atoms with Crippen molar-refractivity contribution in [2.75, 3.05) is 32.2 Å². The Labute approximate surface area is 126 Å². The van der Waals surface area contributed by atoms with Gasteiger partial charge in [-0.15, -0.1) is 0 Å². The van der Waals surface area contributed by atoms with Crippen LogP contribution in [0.15, 0.2) is 15.5 Å². The maximum Gasteiger partial charge on any atom is 0.283 e. The SMILES string of the molecule is COCCC1(CNc2cnn(CCO)c(=O)c2Br)CC1. The van der Waals surface area contributed by atoms with Crippen LogP contribution in [0, 0.1) is 5.41 Å². The van der Waals surface area contributed by atoms with E-state index in [-0.39, 0.29) is 18.7 Å². The summed E-state index contributed by atoms with van der Waals surface area (Å²) in [5.74, 6) is 0. The molecule has 0 saturated heterocycles. The molecule has 1 aliphatic rings. The minimum absolute atomic E-state index is 0.105. The predicted octanol–water partition coefficient (Wildman–Crippen LogP) is 1.23. The third-order valence-electron chi connectivity index (χ3n) is 3.74. The van der Waals surface area contributed by atoms with Gasteiger partial charge in [-0.2, -0.15) is 5.10 Å². The van der Waals surface area contributed by atoms with Gasteiger partial charge in [-0.3, -0.25) is 4.79 Å². The van der Waals surface area contributed by atoms with Crippen LogP contribution >= 0.6 is 15.9 Å². The number of anilines is 1. The average molecular weight is 346 g/mol. The Morgan fingerprint density at radius 2 is 2.35 bits per heavy atom. The number of hydrogen-bond donors (Lipinski definition) is 2. The van der Waals surface area contributed by atoms with Gasteiger partial charge in [-0.25, -0.2) is 4.68 Å². The number of rotatable bonds is 8. The second-order valence-corrected chi connectivity index (χ2v) is 6.01. The molecule has 7 heteroatoms. The molecular formula is C13H20BrN3O3. The van der Waals surface area contributed by atoms with Crippen LogP contribution in [-0.4, -0.2) is 41.8 Å². The van der Waals surface area contributed by atoms with Crippen molar-refractivity contribution in [2.24, 2.45) is 5.41 Å². The molecule has 1 aliphatic carbocycles. The van der Waals surface area contributed by atoms with Crippen LogP contribution in [0.5, 0.6) is 0 Å². The van der Waals surface area contributed by atoms with Gasteiger partial charge in [0.05, 0.1) is 25.0 Å². The molecule has 0 aromatic carbocycles. The van der Waals surface area contributed by atoms with E-state index in [9.17, 15) is 4.79 Å². The Kier molecular flexibility index (Phi) is 5.17. The molecule has 0 unspecified atom stereocenters. The second kappa shape index (κ2) is 6.69. The zero-order valence-corrected chi connectivity index (χ0v) is 13.1. The van der Waals surface area contributed by atoms with Crippen LogP contribution in [0.25, 0.3) is 0 Å². The van der Waals surface area contributed by atoms with E-state index in [4.69, 9.17) is 9.84 Å². The van der Waals surface area contributed by atoms with Crippen molar-refractivity contribution in [1.29, 1.82) is 0 Å². The van der Waals surface area contributed by atoms with Crippen LogP contribution < -0.4 is 10.9 Å². The van der Waals surface area contributed by atoms with Crippen molar-refractivity contribution in [2.45, 2.75) is 25.8 Å². The minimum Gasteiger partial charge on any atom is -0.394 e. The molecule has 0 bridgehead atoms. The summed E-state index contributed by atoms with van der Waals surface area (Å²) < 4.78 is 6.83. The Morgan fingerprint density at radius 1 is 1.60 bits per heavy atom. The fourth-order valence-electron chi connectivity index (χ4n) is 2.14. The number of ether oxygens (including phenoxy) is 1. The Hall–Kier alpha value is -0.920. The molecule has 20 heavy (non-hydrogen) atoms. The molecule has 1 aromatic rings. The molecule has 0 spiro atoms. The van der Waals surface area contributed by atoms with E-state index in [0.29, 0.717) is 15.6 Å². The predicted molar refractivity (Wildman–Crippen MR) is 79.9 cm³/mol. The lowest BCUT2D eigenvalue weighted by molar-refractivity contribution is 0.175. The molecule has 1 saturated carbocycles. The van der Waals surface area contributed by atoms with Crippen molar-refractivity contribution in [3.63, 3.8) is 0 Å². The number of methoxy groups -OCH3 is 1. The molecule has 2 rings (SSSR count). The maximum atomic E-state index is 12.0. The molecular weight excluding hydrogens is 326 g/mol. The van der Waals surface area contributed by atoms with Gasteiger partial charge in [0.1, 0.15) is 4.47 Å². The van der Waals surface area contributed by atoms with Crippen LogP contribution in [0.4, 0.5) is 5.69 Å². The largest absolute Gasteiger partial charge is 0.394 e. The summed E-state index contributed by atoms with van der Waals surface area (Å²) in [6.07, 6.45) is 5.03. The van der Waals surface area contributed by atoms with Crippen LogP contribution in [-0.2, 0) is 11.3 Å². The Morgan fingerprint density at radius 3 is 2.95 bits per heavy atom. The topological polar surface area (TPSA) is 76.4 Å². The van der Waals surface area contributed by atoms with Gasteiger partial charge in [-0.1, -0.05) is 0 Å². The van der Waals surface area contributed by atoms with Gasteiger partial charge in [0.15, 0.2) is 0 Å². The first-order valence-corrected chi connectivity index (χ1v) is 7.50. The summed E-state index contributed by atoms with van der Waals surface area (Å²) in [7, 11) is 1.71. The monoisotopic (exact) mass is 345 g/mol. The van der Waals surface area contributed by atoms with Gasteiger partial charge < -0.3 is 15.2 Å².